The zero-order valence-electron chi connectivity index (χ0n) is 11.5. The van der Waals surface area contributed by atoms with Crippen LogP contribution in [0.3, 0.4) is 0 Å². The van der Waals surface area contributed by atoms with E-state index in [0.717, 1.165) is 5.56 Å². The third-order valence-corrected chi connectivity index (χ3v) is 2.77. The molecule has 2 amide bonds. The van der Waals surface area contributed by atoms with Crippen LogP contribution in [-0.2, 0) is 6.54 Å². The van der Waals surface area contributed by atoms with E-state index >= 15 is 0 Å². The van der Waals surface area contributed by atoms with E-state index in [1.165, 1.54) is 0 Å². The number of benzene rings is 2. The van der Waals surface area contributed by atoms with E-state index in [1.54, 1.807) is 24.3 Å². The lowest BCUT2D eigenvalue weighted by Gasteiger charge is -2.06. The fourth-order valence-electron chi connectivity index (χ4n) is 1.69. The molecule has 2 rings (SSSR count). The Bertz CT molecular complexity index is 657. The summed E-state index contributed by atoms with van der Waals surface area (Å²) < 4.78 is 0. The van der Waals surface area contributed by atoms with Crippen molar-refractivity contribution in [1.82, 2.24) is 10.6 Å². The average Bonchev–Trinajstić information content (AvgIpc) is 2.52. The second-order valence-electron chi connectivity index (χ2n) is 4.33. The first-order valence-corrected chi connectivity index (χ1v) is 6.58. The number of hydrogen-bond acceptors (Lipinski definition) is 2. The second kappa shape index (κ2) is 7.61. The Hall–Kier alpha value is -2.93. The molecule has 21 heavy (non-hydrogen) atoms. The van der Waals surface area contributed by atoms with Gasteiger partial charge in [0.05, 0.1) is 6.54 Å². The lowest BCUT2D eigenvalue weighted by atomic mass is 10.2. The Morgan fingerprint density at radius 2 is 1.71 bits per heavy atom. The van der Waals surface area contributed by atoms with Crippen molar-refractivity contribution in [3.05, 3.63) is 65.7 Å². The molecule has 4 nitrogen and oxygen atoms in total. The van der Waals surface area contributed by atoms with E-state index in [4.69, 9.17) is 0 Å². The van der Waals surface area contributed by atoms with Crippen molar-refractivity contribution in [3.8, 4) is 17.6 Å². The maximum absolute atomic E-state index is 11.6. The van der Waals surface area contributed by atoms with E-state index < -0.39 is 0 Å². The molecular weight excluding hydrogens is 264 g/mol. The summed E-state index contributed by atoms with van der Waals surface area (Å²) in [7, 11) is 0. The third-order valence-electron chi connectivity index (χ3n) is 2.77. The lowest BCUT2D eigenvalue weighted by molar-refractivity contribution is 0.241. The van der Waals surface area contributed by atoms with E-state index in [1.807, 2.05) is 30.3 Å². The molecule has 4 heteroatoms. The number of phenols is 1. The highest BCUT2D eigenvalue weighted by Crippen LogP contribution is 2.14. The zero-order chi connectivity index (χ0) is 14.9. The van der Waals surface area contributed by atoms with Crippen LogP contribution in [0.15, 0.2) is 54.6 Å². The fraction of sp³-hybridized carbons (Fsp3) is 0.118. The smallest absolute Gasteiger partial charge is 0.315 e. The quantitative estimate of drug-likeness (QED) is 0.755. The highest BCUT2D eigenvalue weighted by atomic mass is 16.3. The molecule has 0 bridgehead atoms. The van der Waals surface area contributed by atoms with Crippen LogP contribution in [0.25, 0.3) is 0 Å². The Morgan fingerprint density at radius 1 is 1.00 bits per heavy atom. The van der Waals surface area contributed by atoms with Gasteiger partial charge in [-0.15, -0.1) is 0 Å². The molecule has 0 aliphatic rings. The lowest BCUT2D eigenvalue weighted by Crippen LogP contribution is -2.35. The molecule has 0 radical (unpaired) electrons. The number of carbonyl (C=O) groups is 1. The predicted octanol–water partition coefficient (Wildman–Crippen LogP) is 2.24. The number of nitrogens with one attached hydrogen (secondary N) is 2. The Labute approximate surface area is 123 Å². The Kier molecular flexibility index (Phi) is 5.25. The molecule has 0 spiro atoms. The van der Waals surface area contributed by atoms with Crippen molar-refractivity contribution in [2.45, 2.75) is 6.54 Å². The van der Waals surface area contributed by atoms with E-state index in [0.29, 0.717) is 5.56 Å². The molecule has 0 aromatic heterocycles. The molecular formula is C17H16N2O2. The summed E-state index contributed by atoms with van der Waals surface area (Å²) in [6.07, 6.45) is 0. The van der Waals surface area contributed by atoms with Crippen LogP contribution in [-0.4, -0.2) is 17.7 Å². The number of urea groups is 1. The van der Waals surface area contributed by atoms with Gasteiger partial charge in [0.2, 0.25) is 0 Å². The topological polar surface area (TPSA) is 61.4 Å². The van der Waals surface area contributed by atoms with Gasteiger partial charge in [-0.25, -0.2) is 4.79 Å². The maximum Gasteiger partial charge on any atom is 0.315 e. The molecule has 0 saturated carbocycles. The van der Waals surface area contributed by atoms with Crippen molar-refractivity contribution in [2.75, 3.05) is 6.54 Å². The van der Waals surface area contributed by atoms with Crippen LogP contribution >= 0.6 is 0 Å². The maximum atomic E-state index is 11.6. The van der Waals surface area contributed by atoms with Crippen LogP contribution in [0, 0.1) is 11.8 Å². The minimum atomic E-state index is -0.319. The number of carbonyl (C=O) groups excluding carboxylic acids is 1. The molecule has 0 heterocycles. The summed E-state index contributed by atoms with van der Waals surface area (Å²) in [6, 6.07) is 16.1. The van der Waals surface area contributed by atoms with Gasteiger partial charge in [0.25, 0.3) is 0 Å². The average molecular weight is 280 g/mol. The van der Waals surface area contributed by atoms with Gasteiger partial charge in [-0.3, -0.25) is 0 Å². The molecule has 0 unspecified atom stereocenters. The van der Waals surface area contributed by atoms with Gasteiger partial charge < -0.3 is 15.7 Å². The number of hydrogen-bond donors (Lipinski definition) is 3. The van der Waals surface area contributed by atoms with E-state index in [9.17, 15) is 9.90 Å². The first kappa shape index (κ1) is 14.5. The van der Waals surface area contributed by atoms with Gasteiger partial charge >= 0.3 is 6.03 Å². The number of phenolic OH excluding ortho intramolecular Hbond substituents is 1. The summed E-state index contributed by atoms with van der Waals surface area (Å²) in [5.74, 6) is 5.99. The van der Waals surface area contributed by atoms with Crippen molar-refractivity contribution >= 4 is 6.03 Å². The fourth-order valence-corrected chi connectivity index (χ4v) is 1.69. The van der Waals surface area contributed by atoms with Crippen molar-refractivity contribution < 1.29 is 9.90 Å². The number of para-hydroxylation sites is 1. The molecule has 3 N–H and O–H groups in total. The summed E-state index contributed by atoms with van der Waals surface area (Å²) in [4.78, 5) is 11.6. The summed E-state index contributed by atoms with van der Waals surface area (Å²) in [5, 5.41) is 14.9. The van der Waals surface area contributed by atoms with Crippen LogP contribution < -0.4 is 10.6 Å². The molecule has 0 fully saturated rings. The summed E-state index contributed by atoms with van der Waals surface area (Å²) in [5.41, 5.74) is 1.58. The van der Waals surface area contributed by atoms with Crippen LogP contribution in [0.4, 0.5) is 4.79 Å². The van der Waals surface area contributed by atoms with E-state index in [-0.39, 0.29) is 24.9 Å². The van der Waals surface area contributed by atoms with Crippen molar-refractivity contribution in [1.29, 1.82) is 0 Å². The molecule has 0 atom stereocenters. The highest BCUT2D eigenvalue weighted by molar-refractivity contribution is 5.74. The molecule has 2 aromatic carbocycles. The van der Waals surface area contributed by atoms with Gasteiger partial charge in [-0.1, -0.05) is 48.2 Å². The molecule has 0 saturated heterocycles. The van der Waals surface area contributed by atoms with E-state index in [2.05, 4.69) is 22.5 Å². The molecule has 2 aromatic rings. The Balaban J connectivity index is 1.74. The summed E-state index contributed by atoms with van der Waals surface area (Å²) >= 11 is 0. The number of amides is 2. The van der Waals surface area contributed by atoms with Gasteiger partial charge in [0, 0.05) is 17.7 Å². The highest BCUT2D eigenvalue weighted by Gasteiger charge is 2.02. The third kappa shape index (κ3) is 4.92. The molecule has 106 valence electrons. The van der Waals surface area contributed by atoms with Crippen LogP contribution in [0.1, 0.15) is 11.1 Å². The van der Waals surface area contributed by atoms with Crippen molar-refractivity contribution in [2.24, 2.45) is 0 Å². The van der Waals surface area contributed by atoms with Gasteiger partial charge in [-0.2, -0.15) is 0 Å². The van der Waals surface area contributed by atoms with Gasteiger partial charge in [0.15, 0.2) is 0 Å². The van der Waals surface area contributed by atoms with Crippen LogP contribution in [0.2, 0.25) is 0 Å². The first-order chi connectivity index (χ1) is 10.3. The number of aromatic hydroxyl groups is 1. The summed E-state index contributed by atoms with van der Waals surface area (Å²) in [6.45, 7) is 0.534. The largest absolute Gasteiger partial charge is 0.508 e. The van der Waals surface area contributed by atoms with Crippen molar-refractivity contribution in [3.63, 3.8) is 0 Å². The number of rotatable bonds is 3. The standard InChI is InChI=1S/C17H16N2O2/c20-16-11-5-4-10-15(16)13-19-17(21)18-12-6-9-14-7-2-1-3-8-14/h1-5,7-8,10-11,20H,12-13H2,(H2,18,19,21). The zero-order valence-corrected chi connectivity index (χ0v) is 11.5. The minimum absolute atomic E-state index is 0.168. The van der Waals surface area contributed by atoms with Gasteiger partial charge in [0.1, 0.15) is 5.75 Å². The SMILES string of the molecule is O=C(NCC#Cc1ccccc1)NCc1ccccc1O. The second-order valence-corrected chi connectivity index (χ2v) is 4.33. The van der Waals surface area contributed by atoms with Gasteiger partial charge in [-0.05, 0) is 18.2 Å². The first-order valence-electron chi connectivity index (χ1n) is 6.58. The van der Waals surface area contributed by atoms with Crippen LogP contribution in [0.5, 0.6) is 5.75 Å². The predicted molar refractivity (Wildman–Crippen MR) is 81.7 cm³/mol. The monoisotopic (exact) mass is 280 g/mol. The normalized spacial score (nSPS) is 9.33. The minimum Gasteiger partial charge on any atom is -0.508 e. The molecule has 0 aliphatic heterocycles. The molecule has 0 aliphatic carbocycles. The Morgan fingerprint density at radius 3 is 2.48 bits per heavy atom.